The van der Waals surface area contributed by atoms with Gasteiger partial charge >= 0.3 is 0 Å². The number of benzene rings is 1. The summed E-state index contributed by atoms with van der Waals surface area (Å²) in [5.41, 5.74) is 1.14. The molecule has 1 atom stereocenters. The molecule has 0 spiro atoms. The Labute approximate surface area is 169 Å². The molecule has 2 fully saturated rings. The third kappa shape index (κ3) is 4.32. The molecular formula is C21H26FN5O2. The lowest BCUT2D eigenvalue weighted by molar-refractivity contribution is 0.0556. The molecule has 2 aromatic rings. The van der Waals surface area contributed by atoms with Crippen LogP contribution in [0.5, 0.6) is 0 Å². The van der Waals surface area contributed by atoms with Crippen molar-refractivity contribution in [1.29, 1.82) is 0 Å². The van der Waals surface area contributed by atoms with Crippen LogP contribution in [0, 0.1) is 5.82 Å². The summed E-state index contributed by atoms with van der Waals surface area (Å²) < 4.78 is 14.3. The van der Waals surface area contributed by atoms with Gasteiger partial charge in [-0.25, -0.2) is 9.07 Å². The topological polar surface area (TPSA) is 61.7 Å². The zero-order chi connectivity index (χ0) is 20.4. The van der Waals surface area contributed by atoms with Crippen molar-refractivity contribution in [3.05, 3.63) is 58.3 Å². The van der Waals surface area contributed by atoms with E-state index in [1.165, 1.54) is 28.9 Å². The molecule has 1 aromatic heterocycles. The van der Waals surface area contributed by atoms with Crippen LogP contribution in [0.3, 0.4) is 0 Å². The van der Waals surface area contributed by atoms with Crippen LogP contribution in [0.1, 0.15) is 23.3 Å². The summed E-state index contributed by atoms with van der Waals surface area (Å²) in [6, 6.07) is 9.87. The summed E-state index contributed by atoms with van der Waals surface area (Å²) >= 11 is 0. The number of hydrogen-bond donors (Lipinski definition) is 0. The lowest BCUT2D eigenvalue weighted by atomic mass is 10.0. The molecule has 29 heavy (non-hydrogen) atoms. The fourth-order valence-corrected chi connectivity index (χ4v) is 4.21. The Hall–Kier alpha value is -2.74. The van der Waals surface area contributed by atoms with E-state index in [9.17, 15) is 14.0 Å². The Morgan fingerprint density at radius 2 is 1.76 bits per heavy atom. The van der Waals surface area contributed by atoms with Gasteiger partial charge in [0, 0.05) is 64.1 Å². The number of anilines is 1. The SMILES string of the molecule is Cn1nc(C(=O)N2CCC[C@H](N3CCN(c4ccc(F)cc4)CC3)C2)ccc1=O. The van der Waals surface area contributed by atoms with Gasteiger partial charge in [0.2, 0.25) is 0 Å². The predicted octanol–water partition coefficient (Wildman–Crippen LogP) is 1.35. The molecule has 7 nitrogen and oxygen atoms in total. The lowest BCUT2D eigenvalue weighted by Gasteiger charge is -2.43. The van der Waals surface area contributed by atoms with E-state index in [1.54, 1.807) is 7.05 Å². The molecule has 0 saturated carbocycles. The number of aromatic nitrogens is 2. The predicted molar refractivity (Wildman–Crippen MR) is 109 cm³/mol. The number of carbonyl (C=O) groups excluding carboxylic acids is 1. The summed E-state index contributed by atoms with van der Waals surface area (Å²) in [7, 11) is 1.55. The minimum atomic E-state index is -0.225. The molecule has 2 aliphatic heterocycles. The minimum absolute atomic E-state index is 0.116. The molecule has 4 rings (SSSR count). The number of piperazine rings is 1. The van der Waals surface area contributed by atoms with Crippen molar-refractivity contribution in [2.24, 2.45) is 7.05 Å². The molecule has 8 heteroatoms. The lowest BCUT2D eigenvalue weighted by Crippen LogP contribution is -2.56. The first kappa shape index (κ1) is 19.6. The highest BCUT2D eigenvalue weighted by atomic mass is 19.1. The summed E-state index contributed by atoms with van der Waals surface area (Å²) in [6.45, 7) is 5.01. The van der Waals surface area contributed by atoms with E-state index in [0.717, 1.165) is 51.3 Å². The maximum atomic E-state index is 13.1. The molecule has 0 bridgehead atoms. The number of hydrogen-bond acceptors (Lipinski definition) is 5. The van der Waals surface area contributed by atoms with Crippen LogP contribution in [0.25, 0.3) is 0 Å². The molecule has 3 heterocycles. The summed E-state index contributed by atoms with van der Waals surface area (Å²) in [4.78, 5) is 30.9. The number of aryl methyl sites for hydroxylation is 1. The first-order valence-electron chi connectivity index (χ1n) is 10.1. The van der Waals surface area contributed by atoms with Crippen LogP contribution < -0.4 is 10.5 Å². The zero-order valence-corrected chi connectivity index (χ0v) is 16.6. The molecule has 0 radical (unpaired) electrons. The normalized spacial score (nSPS) is 20.7. The molecule has 1 amide bonds. The number of piperidine rings is 1. The monoisotopic (exact) mass is 399 g/mol. The molecule has 2 saturated heterocycles. The highest BCUT2D eigenvalue weighted by Crippen LogP contribution is 2.22. The van der Waals surface area contributed by atoms with E-state index in [1.807, 2.05) is 17.0 Å². The number of likely N-dealkylation sites (tertiary alicyclic amines) is 1. The van der Waals surface area contributed by atoms with E-state index >= 15 is 0 Å². The van der Waals surface area contributed by atoms with Crippen LogP contribution in [0.2, 0.25) is 0 Å². The first-order valence-corrected chi connectivity index (χ1v) is 10.1. The molecule has 154 valence electrons. The van der Waals surface area contributed by atoms with Crippen LogP contribution in [0.4, 0.5) is 10.1 Å². The highest BCUT2D eigenvalue weighted by molar-refractivity contribution is 5.92. The fourth-order valence-electron chi connectivity index (χ4n) is 4.21. The van der Waals surface area contributed by atoms with Crippen molar-refractivity contribution < 1.29 is 9.18 Å². The van der Waals surface area contributed by atoms with E-state index in [4.69, 9.17) is 0 Å². The van der Waals surface area contributed by atoms with Gasteiger partial charge in [0.1, 0.15) is 11.5 Å². The molecule has 2 aliphatic rings. The van der Waals surface area contributed by atoms with Gasteiger partial charge in [0.15, 0.2) is 0 Å². The number of amides is 1. The van der Waals surface area contributed by atoms with Crippen LogP contribution >= 0.6 is 0 Å². The summed E-state index contributed by atoms with van der Waals surface area (Å²) in [6.07, 6.45) is 2.03. The number of carbonyl (C=O) groups is 1. The quantitative estimate of drug-likeness (QED) is 0.780. The molecule has 1 aromatic carbocycles. The zero-order valence-electron chi connectivity index (χ0n) is 16.6. The average molecular weight is 399 g/mol. The van der Waals surface area contributed by atoms with Gasteiger partial charge in [-0.05, 0) is 43.2 Å². The minimum Gasteiger partial charge on any atom is -0.369 e. The number of halogens is 1. The summed E-state index contributed by atoms with van der Waals surface area (Å²) in [5, 5.41) is 4.10. The van der Waals surface area contributed by atoms with Gasteiger partial charge in [-0.2, -0.15) is 5.10 Å². The maximum absolute atomic E-state index is 13.1. The van der Waals surface area contributed by atoms with Crippen molar-refractivity contribution in [3.8, 4) is 0 Å². The van der Waals surface area contributed by atoms with Gasteiger partial charge in [0.25, 0.3) is 11.5 Å². The van der Waals surface area contributed by atoms with E-state index in [0.29, 0.717) is 18.3 Å². The molecular weight excluding hydrogens is 373 g/mol. The third-order valence-corrected chi connectivity index (χ3v) is 5.89. The fraction of sp³-hybridized carbons (Fsp3) is 0.476. The Kier molecular flexibility index (Phi) is 5.62. The van der Waals surface area contributed by atoms with Crippen LogP contribution in [0.15, 0.2) is 41.2 Å². The second-order valence-corrected chi connectivity index (χ2v) is 7.73. The van der Waals surface area contributed by atoms with Crippen molar-refractivity contribution in [2.45, 2.75) is 18.9 Å². The van der Waals surface area contributed by atoms with E-state index < -0.39 is 0 Å². The molecule has 0 unspecified atom stereocenters. The van der Waals surface area contributed by atoms with Gasteiger partial charge in [-0.3, -0.25) is 14.5 Å². The van der Waals surface area contributed by atoms with Gasteiger partial charge in [0.05, 0.1) is 0 Å². The Morgan fingerprint density at radius 1 is 1.03 bits per heavy atom. The third-order valence-electron chi connectivity index (χ3n) is 5.89. The maximum Gasteiger partial charge on any atom is 0.274 e. The Bertz CT molecular complexity index is 921. The Morgan fingerprint density at radius 3 is 2.45 bits per heavy atom. The summed E-state index contributed by atoms with van der Waals surface area (Å²) in [5.74, 6) is -0.331. The Balaban J connectivity index is 1.36. The van der Waals surface area contributed by atoms with Crippen molar-refractivity contribution >= 4 is 11.6 Å². The van der Waals surface area contributed by atoms with Gasteiger partial charge in [-0.1, -0.05) is 0 Å². The van der Waals surface area contributed by atoms with Crippen LogP contribution in [-0.4, -0.2) is 70.8 Å². The smallest absolute Gasteiger partial charge is 0.274 e. The van der Waals surface area contributed by atoms with Gasteiger partial charge in [-0.15, -0.1) is 0 Å². The second-order valence-electron chi connectivity index (χ2n) is 7.73. The van der Waals surface area contributed by atoms with E-state index in [2.05, 4.69) is 14.9 Å². The second kappa shape index (κ2) is 8.32. The molecule has 0 aliphatic carbocycles. The van der Waals surface area contributed by atoms with Crippen molar-refractivity contribution in [2.75, 3.05) is 44.2 Å². The highest BCUT2D eigenvalue weighted by Gasteiger charge is 2.31. The van der Waals surface area contributed by atoms with Crippen molar-refractivity contribution in [1.82, 2.24) is 19.6 Å². The van der Waals surface area contributed by atoms with E-state index in [-0.39, 0.29) is 17.3 Å². The van der Waals surface area contributed by atoms with Crippen molar-refractivity contribution in [3.63, 3.8) is 0 Å². The van der Waals surface area contributed by atoms with Gasteiger partial charge < -0.3 is 9.80 Å². The number of nitrogens with zero attached hydrogens (tertiary/aromatic N) is 5. The first-order chi connectivity index (χ1) is 14.0. The average Bonchev–Trinajstić information content (AvgIpc) is 2.76. The number of rotatable bonds is 3. The standard InChI is InChI=1S/C21H26FN5O2/c1-24-20(28)9-8-19(23-24)21(29)27-10-2-3-18(15-27)26-13-11-25(12-14-26)17-6-4-16(22)5-7-17/h4-9,18H,2-3,10-15H2,1H3/t18-/m0/s1. The molecule has 0 N–H and O–H groups in total. The van der Waals surface area contributed by atoms with Crippen LogP contribution in [-0.2, 0) is 7.05 Å². The largest absolute Gasteiger partial charge is 0.369 e.